The first kappa shape index (κ1) is 7.35. The molecule has 3 heteroatoms. The van der Waals surface area contributed by atoms with Crippen LogP contribution < -0.4 is 16.2 Å². The zero-order valence-corrected chi connectivity index (χ0v) is 7.43. The molecule has 3 nitrogen and oxygen atoms in total. The van der Waals surface area contributed by atoms with E-state index < -0.39 is 0 Å². The van der Waals surface area contributed by atoms with Crippen LogP contribution in [0.1, 0.15) is 12.0 Å². The van der Waals surface area contributed by atoms with Gasteiger partial charge in [-0.1, -0.05) is 18.2 Å². The molecule has 0 radical (unpaired) electrons. The van der Waals surface area contributed by atoms with E-state index in [1.807, 2.05) is 0 Å². The lowest BCUT2D eigenvalue weighted by molar-refractivity contribution is 0.406. The van der Waals surface area contributed by atoms with Gasteiger partial charge in [0.05, 0.1) is 5.54 Å². The van der Waals surface area contributed by atoms with Crippen LogP contribution in [-0.4, -0.2) is 13.1 Å². The molecule has 1 spiro atoms. The van der Waals surface area contributed by atoms with Crippen LogP contribution in [0, 0.1) is 0 Å². The minimum Gasteiger partial charge on any atom is -0.383 e. The normalized spacial score (nSPS) is 30.5. The average Bonchev–Trinajstić information content (AvgIpc) is 2.78. The van der Waals surface area contributed by atoms with Gasteiger partial charge < -0.3 is 5.32 Å². The molecule has 68 valence electrons. The van der Waals surface area contributed by atoms with Gasteiger partial charge in [-0.05, 0) is 18.1 Å². The van der Waals surface area contributed by atoms with Gasteiger partial charge in [0, 0.05) is 18.8 Å². The Hall–Kier alpha value is -1.06. The van der Waals surface area contributed by atoms with Crippen molar-refractivity contribution in [2.75, 3.05) is 18.4 Å². The molecule has 1 aromatic rings. The minimum atomic E-state index is 0.149. The molecule has 1 saturated heterocycles. The first-order valence-corrected chi connectivity index (χ1v) is 4.74. The number of hydrogen-bond donors (Lipinski definition) is 3. The molecule has 2 aliphatic rings. The predicted octanol–water partition coefficient (Wildman–Crippen LogP) is 0.805. The summed E-state index contributed by atoms with van der Waals surface area (Å²) in [7, 11) is 0. The summed E-state index contributed by atoms with van der Waals surface area (Å²) in [6, 6.07) is 8.53. The molecule has 1 unspecified atom stereocenters. The van der Waals surface area contributed by atoms with Crippen LogP contribution in [0.3, 0.4) is 0 Å². The summed E-state index contributed by atoms with van der Waals surface area (Å²) < 4.78 is 0. The summed E-state index contributed by atoms with van der Waals surface area (Å²) in [5.41, 5.74) is 9.41. The van der Waals surface area contributed by atoms with Crippen molar-refractivity contribution in [1.29, 1.82) is 0 Å². The highest BCUT2D eigenvalue weighted by atomic mass is 15.4. The molecule has 13 heavy (non-hydrogen) atoms. The lowest BCUT2D eigenvalue weighted by Gasteiger charge is -2.22. The van der Waals surface area contributed by atoms with Gasteiger partial charge in [-0.15, -0.1) is 0 Å². The average molecular weight is 175 g/mol. The third kappa shape index (κ3) is 0.913. The second-order valence-corrected chi connectivity index (χ2v) is 3.78. The second kappa shape index (κ2) is 2.47. The van der Waals surface area contributed by atoms with E-state index in [-0.39, 0.29) is 5.54 Å². The number of para-hydroxylation sites is 1. The van der Waals surface area contributed by atoms with E-state index in [0.717, 1.165) is 19.5 Å². The smallest absolute Gasteiger partial charge is 0.0776 e. The summed E-state index contributed by atoms with van der Waals surface area (Å²) in [6.45, 7) is 2.05. The second-order valence-electron chi connectivity index (χ2n) is 3.78. The van der Waals surface area contributed by atoms with Gasteiger partial charge >= 0.3 is 0 Å². The van der Waals surface area contributed by atoms with E-state index in [2.05, 4.69) is 40.4 Å². The summed E-state index contributed by atoms with van der Waals surface area (Å²) in [6.07, 6.45) is 1.16. The zero-order valence-electron chi connectivity index (χ0n) is 7.43. The summed E-state index contributed by atoms with van der Waals surface area (Å²) in [5, 5.41) is 3.43. The van der Waals surface area contributed by atoms with Gasteiger partial charge in [-0.25, -0.2) is 5.43 Å². The topological polar surface area (TPSA) is 36.1 Å². The van der Waals surface area contributed by atoms with E-state index >= 15 is 0 Å². The number of nitrogens with one attached hydrogen (secondary N) is 3. The van der Waals surface area contributed by atoms with Crippen molar-refractivity contribution in [2.24, 2.45) is 0 Å². The van der Waals surface area contributed by atoms with E-state index in [4.69, 9.17) is 0 Å². The van der Waals surface area contributed by atoms with Crippen molar-refractivity contribution in [2.45, 2.75) is 12.0 Å². The molecule has 1 aromatic carbocycles. The minimum absolute atomic E-state index is 0.149. The molecule has 3 rings (SSSR count). The largest absolute Gasteiger partial charge is 0.383 e. The molecule has 0 amide bonds. The number of fused-ring (bicyclic) bond motifs is 2. The Morgan fingerprint density at radius 2 is 2.15 bits per heavy atom. The Bertz CT molecular complexity index is 329. The maximum atomic E-state index is 3.43. The van der Waals surface area contributed by atoms with Crippen LogP contribution in [0.2, 0.25) is 0 Å². The van der Waals surface area contributed by atoms with E-state index in [1.54, 1.807) is 0 Å². The number of rotatable bonds is 0. The number of hydrogen-bond acceptors (Lipinski definition) is 3. The maximum Gasteiger partial charge on any atom is 0.0776 e. The van der Waals surface area contributed by atoms with Crippen molar-refractivity contribution in [3.63, 3.8) is 0 Å². The van der Waals surface area contributed by atoms with Crippen molar-refractivity contribution < 1.29 is 0 Å². The molecule has 2 heterocycles. The Kier molecular flexibility index (Phi) is 1.39. The van der Waals surface area contributed by atoms with Gasteiger partial charge in [0.2, 0.25) is 0 Å². The van der Waals surface area contributed by atoms with Crippen molar-refractivity contribution >= 4 is 5.69 Å². The lowest BCUT2D eigenvalue weighted by Crippen LogP contribution is -2.42. The van der Waals surface area contributed by atoms with E-state index in [0.29, 0.717) is 0 Å². The summed E-state index contributed by atoms with van der Waals surface area (Å²) in [4.78, 5) is 0. The molecule has 0 bridgehead atoms. The summed E-state index contributed by atoms with van der Waals surface area (Å²) >= 11 is 0. The van der Waals surface area contributed by atoms with Crippen LogP contribution >= 0.6 is 0 Å². The molecule has 1 fully saturated rings. The SMILES string of the molecule is c1ccc2c(c1)NCC21CCNN1. The molecule has 0 aliphatic carbocycles. The standard InChI is InChI=1S/C10H13N3/c1-2-4-9-8(3-1)10(7-11-9)5-6-12-13-10/h1-4,11-13H,5-7H2. The van der Waals surface area contributed by atoms with Gasteiger partial charge in [-0.2, -0.15) is 0 Å². The van der Waals surface area contributed by atoms with Crippen molar-refractivity contribution in [3.8, 4) is 0 Å². The Balaban J connectivity index is 2.11. The lowest BCUT2D eigenvalue weighted by atomic mass is 9.91. The highest BCUT2D eigenvalue weighted by Crippen LogP contribution is 2.37. The Labute approximate surface area is 77.5 Å². The molecule has 2 aliphatic heterocycles. The fourth-order valence-corrected chi connectivity index (χ4v) is 2.30. The van der Waals surface area contributed by atoms with Gasteiger partial charge in [0.25, 0.3) is 0 Å². The van der Waals surface area contributed by atoms with Gasteiger partial charge in [0.1, 0.15) is 0 Å². The monoisotopic (exact) mass is 175 g/mol. The molecule has 0 saturated carbocycles. The predicted molar refractivity (Wildman–Crippen MR) is 52.4 cm³/mol. The molecule has 1 atom stereocenters. The van der Waals surface area contributed by atoms with E-state index in [9.17, 15) is 0 Å². The van der Waals surface area contributed by atoms with E-state index in [1.165, 1.54) is 11.3 Å². The van der Waals surface area contributed by atoms with Crippen LogP contribution in [0.4, 0.5) is 5.69 Å². The first-order chi connectivity index (χ1) is 6.41. The van der Waals surface area contributed by atoms with Crippen LogP contribution in [0.25, 0.3) is 0 Å². The summed E-state index contributed by atoms with van der Waals surface area (Å²) in [5.74, 6) is 0. The van der Waals surface area contributed by atoms with Crippen molar-refractivity contribution in [3.05, 3.63) is 29.8 Å². The molecule has 0 aromatic heterocycles. The fraction of sp³-hybridized carbons (Fsp3) is 0.400. The molecular weight excluding hydrogens is 162 g/mol. The highest BCUT2D eigenvalue weighted by molar-refractivity contribution is 5.60. The third-order valence-corrected chi connectivity index (χ3v) is 3.03. The quantitative estimate of drug-likeness (QED) is 0.546. The Morgan fingerprint density at radius 1 is 1.23 bits per heavy atom. The Morgan fingerprint density at radius 3 is 3.00 bits per heavy atom. The third-order valence-electron chi connectivity index (χ3n) is 3.03. The number of anilines is 1. The first-order valence-electron chi connectivity index (χ1n) is 4.74. The van der Waals surface area contributed by atoms with Crippen LogP contribution in [0.5, 0.6) is 0 Å². The molecular formula is C10H13N3. The fourth-order valence-electron chi connectivity index (χ4n) is 2.30. The van der Waals surface area contributed by atoms with Crippen molar-refractivity contribution in [1.82, 2.24) is 10.9 Å². The van der Waals surface area contributed by atoms with Gasteiger partial charge in [0.15, 0.2) is 0 Å². The molecule has 3 N–H and O–H groups in total. The van der Waals surface area contributed by atoms with Crippen LogP contribution in [-0.2, 0) is 5.54 Å². The number of hydrazine groups is 1. The maximum absolute atomic E-state index is 3.43. The van der Waals surface area contributed by atoms with Gasteiger partial charge in [-0.3, -0.25) is 5.43 Å². The number of benzene rings is 1. The highest BCUT2D eigenvalue weighted by Gasteiger charge is 2.40. The zero-order chi connectivity index (χ0) is 8.73. The van der Waals surface area contributed by atoms with Crippen LogP contribution in [0.15, 0.2) is 24.3 Å².